The highest BCUT2D eigenvalue weighted by Gasteiger charge is 2.08. The van der Waals surface area contributed by atoms with Gasteiger partial charge >= 0.3 is 0 Å². The zero-order chi connectivity index (χ0) is 14.5. The van der Waals surface area contributed by atoms with Crippen LogP contribution in [0.15, 0.2) is 34.8 Å². The molecule has 1 aromatic carbocycles. The van der Waals surface area contributed by atoms with E-state index in [1.165, 1.54) is 24.3 Å². The fraction of sp³-hybridized carbons (Fsp3) is 0.154. The molecule has 2 rings (SSSR count). The van der Waals surface area contributed by atoms with Crippen LogP contribution in [0.2, 0.25) is 0 Å². The van der Waals surface area contributed by atoms with Gasteiger partial charge in [-0.3, -0.25) is 4.79 Å². The highest BCUT2D eigenvalue weighted by Crippen LogP contribution is 2.24. The van der Waals surface area contributed by atoms with E-state index in [2.05, 4.69) is 31.4 Å². The van der Waals surface area contributed by atoms with E-state index in [1.54, 1.807) is 6.07 Å². The van der Waals surface area contributed by atoms with Crippen LogP contribution in [0, 0.1) is 5.82 Å². The van der Waals surface area contributed by atoms with Gasteiger partial charge in [-0.05, 0) is 25.1 Å². The highest BCUT2D eigenvalue weighted by molar-refractivity contribution is 9.10. The second-order valence-electron chi connectivity index (χ2n) is 3.82. The summed E-state index contributed by atoms with van der Waals surface area (Å²) < 4.78 is 19.1. The Hall–Kier alpha value is -2.02. The lowest BCUT2D eigenvalue weighted by Crippen LogP contribution is -2.23. The first kappa shape index (κ1) is 14.4. The Kier molecular flexibility index (Phi) is 4.62. The smallest absolute Gasteiger partial charge is 0.271 e. The van der Waals surface area contributed by atoms with Gasteiger partial charge in [0.25, 0.3) is 5.91 Å². The first-order chi connectivity index (χ1) is 9.58. The van der Waals surface area contributed by atoms with E-state index in [1.807, 2.05) is 6.92 Å². The largest absolute Gasteiger partial charge is 0.437 e. The summed E-state index contributed by atoms with van der Waals surface area (Å²) in [5.74, 6) is -0.270. The Labute approximate surface area is 123 Å². The quantitative estimate of drug-likeness (QED) is 0.930. The normalized spacial score (nSPS) is 10.2. The topological polar surface area (TPSA) is 64.1 Å². The van der Waals surface area contributed by atoms with Crippen LogP contribution in [0.25, 0.3) is 0 Å². The van der Waals surface area contributed by atoms with Gasteiger partial charge in [-0.1, -0.05) is 15.9 Å². The number of rotatable bonds is 4. The second-order valence-corrected chi connectivity index (χ2v) is 4.74. The molecule has 0 spiro atoms. The summed E-state index contributed by atoms with van der Waals surface area (Å²) in [6.45, 7) is 2.32. The van der Waals surface area contributed by atoms with Crippen LogP contribution in [0.5, 0.6) is 11.6 Å². The van der Waals surface area contributed by atoms with Crippen LogP contribution < -0.4 is 10.1 Å². The SMILES string of the molecule is CCNC(=O)c1ccc(Oc2cc(F)cc(Br)c2)nn1. The molecule has 5 nitrogen and oxygen atoms in total. The van der Waals surface area contributed by atoms with E-state index in [0.717, 1.165) is 0 Å². The summed E-state index contributed by atoms with van der Waals surface area (Å²) in [5.41, 5.74) is 0.194. The fourth-order valence-corrected chi connectivity index (χ4v) is 1.90. The monoisotopic (exact) mass is 339 g/mol. The van der Waals surface area contributed by atoms with Crippen molar-refractivity contribution < 1.29 is 13.9 Å². The third-order valence-electron chi connectivity index (χ3n) is 2.27. The molecular formula is C13H11BrFN3O2. The number of nitrogens with one attached hydrogen (secondary N) is 1. The van der Waals surface area contributed by atoms with E-state index in [9.17, 15) is 9.18 Å². The average molecular weight is 340 g/mol. The number of ether oxygens (including phenoxy) is 1. The fourth-order valence-electron chi connectivity index (χ4n) is 1.45. The summed E-state index contributed by atoms with van der Waals surface area (Å²) in [4.78, 5) is 11.5. The number of hydrogen-bond acceptors (Lipinski definition) is 4. The van der Waals surface area contributed by atoms with Gasteiger partial charge in [0, 0.05) is 23.2 Å². The summed E-state index contributed by atoms with van der Waals surface area (Å²) >= 11 is 3.17. The van der Waals surface area contributed by atoms with Gasteiger partial charge in [0.15, 0.2) is 5.69 Å². The molecule has 0 aliphatic carbocycles. The van der Waals surface area contributed by atoms with Crippen molar-refractivity contribution in [3.05, 3.63) is 46.3 Å². The zero-order valence-corrected chi connectivity index (χ0v) is 12.1. The predicted molar refractivity (Wildman–Crippen MR) is 74.2 cm³/mol. The molecule has 1 N–H and O–H groups in total. The van der Waals surface area contributed by atoms with Gasteiger partial charge < -0.3 is 10.1 Å². The molecule has 0 aliphatic rings. The number of carbonyl (C=O) groups excluding carboxylic acids is 1. The van der Waals surface area contributed by atoms with E-state index in [4.69, 9.17) is 4.74 Å². The van der Waals surface area contributed by atoms with Crippen molar-refractivity contribution in [1.82, 2.24) is 15.5 Å². The van der Waals surface area contributed by atoms with Crippen LogP contribution in [0.4, 0.5) is 4.39 Å². The Morgan fingerprint density at radius 2 is 2.15 bits per heavy atom. The number of carbonyl (C=O) groups is 1. The van der Waals surface area contributed by atoms with Crippen LogP contribution in [0.3, 0.4) is 0 Å². The Morgan fingerprint density at radius 3 is 2.75 bits per heavy atom. The minimum absolute atomic E-state index is 0.176. The molecular weight excluding hydrogens is 329 g/mol. The van der Waals surface area contributed by atoms with Crippen molar-refractivity contribution in [2.45, 2.75) is 6.92 Å². The van der Waals surface area contributed by atoms with E-state index >= 15 is 0 Å². The zero-order valence-electron chi connectivity index (χ0n) is 10.6. The molecule has 0 radical (unpaired) electrons. The van der Waals surface area contributed by atoms with Crippen LogP contribution in [-0.2, 0) is 0 Å². The summed E-state index contributed by atoms with van der Waals surface area (Å²) in [5, 5.41) is 10.1. The highest BCUT2D eigenvalue weighted by atomic mass is 79.9. The van der Waals surface area contributed by atoms with Crippen LogP contribution in [-0.4, -0.2) is 22.6 Å². The number of halogens is 2. The average Bonchev–Trinajstić information content (AvgIpc) is 2.38. The summed E-state index contributed by atoms with van der Waals surface area (Å²) in [6.07, 6.45) is 0. The maximum Gasteiger partial charge on any atom is 0.271 e. The number of amides is 1. The maximum atomic E-state index is 13.2. The van der Waals surface area contributed by atoms with Gasteiger partial charge in [0.1, 0.15) is 11.6 Å². The first-order valence-electron chi connectivity index (χ1n) is 5.84. The van der Waals surface area contributed by atoms with Crippen LogP contribution in [0.1, 0.15) is 17.4 Å². The Morgan fingerprint density at radius 1 is 1.35 bits per heavy atom. The molecule has 0 saturated carbocycles. The lowest BCUT2D eigenvalue weighted by Gasteiger charge is -2.05. The van der Waals surface area contributed by atoms with E-state index in [-0.39, 0.29) is 23.2 Å². The Balaban J connectivity index is 2.12. The molecule has 0 unspecified atom stereocenters. The van der Waals surface area contributed by atoms with Crippen molar-refractivity contribution in [1.29, 1.82) is 0 Å². The first-order valence-corrected chi connectivity index (χ1v) is 6.63. The Bertz CT molecular complexity index is 599. The van der Waals surface area contributed by atoms with Gasteiger partial charge in [-0.25, -0.2) is 4.39 Å². The van der Waals surface area contributed by atoms with Crippen molar-refractivity contribution in [2.24, 2.45) is 0 Å². The molecule has 20 heavy (non-hydrogen) atoms. The molecule has 1 heterocycles. The standard InChI is InChI=1S/C13H11BrFN3O2/c1-2-16-13(19)11-3-4-12(18-17-11)20-10-6-8(14)5-9(15)7-10/h3-7H,2H2,1H3,(H,16,19). The second kappa shape index (κ2) is 6.42. The third kappa shape index (κ3) is 3.74. The molecule has 0 bridgehead atoms. The summed E-state index contributed by atoms with van der Waals surface area (Å²) in [6, 6.07) is 7.13. The minimum Gasteiger partial charge on any atom is -0.437 e. The van der Waals surface area contributed by atoms with Crippen molar-refractivity contribution in [2.75, 3.05) is 6.54 Å². The predicted octanol–water partition coefficient (Wildman–Crippen LogP) is 2.92. The van der Waals surface area contributed by atoms with E-state index < -0.39 is 5.82 Å². The molecule has 7 heteroatoms. The summed E-state index contributed by atoms with van der Waals surface area (Å²) in [7, 11) is 0. The van der Waals surface area contributed by atoms with Gasteiger partial charge in [-0.2, -0.15) is 0 Å². The van der Waals surface area contributed by atoms with Crippen molar-refractivity contribution in [3.63, 3.8) is 0 Å². The van der Waals surface area contributed by atoms with Gasteiger partial charge in [0.05, 0.1) is 0 Å². The lowest BCUT2D eigenvalue weighted by atomic mass is 10.3. The molecule has 0 aliphatic heterocycles. The maximum absolute atomic E-state index is 13.2. The molecule has 1 aromatic heterocycles. The molecule has 1 amide bonds. The van der Waals surface area contributed by atoms with E-state index in [0.29, 0.717) is 11.0 Å². The number of aromatic nitrogens is 2. The lowest BCUT2D eigenvalue weighted by molar-refractivity contribution is 0.0949. The van der Waals surface area contributed by atoms with Crippen molar-refractivity contribution >= 4 is 21.8 Å². The van der Waals surface area contributed by atoms with Crippen LogP contribution >= 0.6 is 15.9 Å². The van der Waals surface area contributed by atoms with Crippen molar-refractivity contribution in [3.8, 4) is 11.6 Å². The number of hydrogen-bond donors (Lipinski definition) is 1. The third-order valence-corrected chi connectivity index (χ3v) is 2.73. The minimum atomic E-state index is -0.429. The molecule has 104 valence electrons. The molecule has 0 atom stereocenters. The van der Waals surface area contributed by atoms with Gasteiger partial charge in [0.2, 0.25) is 5.88 Å². The van der Waals surface area contributed by atoms with Gasteiger partial charge in [-0.15, -0.1) is 10.2 Å². The number of benzene rings is 1. The number of nitrogens with zero attached hydrogens (tertiary/aromatic N) is 2. The molecule has 2 aromatic rings. The molecule has 0 saturated heterocycles. The molecule has 0 fully saturated rings.